The molecule has 3 aromatic rings. The first-order valence-corrected chi connectivity index (χ1v) is 7.64. The van der Waals surface area contributed by atoms with Crippen molar-refractivity contribution in [3.63, 3.8) is 0 Å². The van der Waals surface area contributed by atoms with Gasteiger partial charge in [-0.15, -0.1) is 0 Å². The van der Waals surface area contributed by atoms with Gasteiger partial charge in [0.25, 0.3) is 5.91 Å². The Labute approximate surface area is 137 Å². The Morgan fingerprint density at radius 3 is 2.67 bits per heavy atom. The van der Waals surface area contributed by atoms with Crippen molar-refractivity contribution in [2.75, 3.05) is 0 Å². The van der Waals surface area contributed by atoms with Crippen LogP contribution in [0.25, 0.3) is 10.9 Å². The van der Waals surface area contributed by atoms with E-state index in [0.29, 0.717) is 6.42 Å². The van der Waals surface area contributed by atoms with Crippen LogP contribution in [0.15, 0.2) is 53.3 Å². The zero-order chi connectivity index (χ0) is 17.1. The van der Waals surface area contributed by atoms with Gasteiger partial charge in [0.15, 0.2) is 5.69 Å². The number of rotatable bonds is 4. The molecule has 0 aliphatic heterocycles. The molecule has 1 heterocycles. The molecule has 3 rings (SSSR count). The third-order valence-corrected chi connectivity index (χ3v) is 3.88. The third kappa shape index (κ3) is 2.90. The van der Waals surface area contributed by atoms with Crippen LogP contribution in [0.3, 0.4) is 0 Å². The van der Waals surface area contributed by atoms with Crippen molar-refractivity contribution < 1.29 is 9.18 Å². The van der Waals surface area contributed by atoms with E-state index in [-0.39, 0.29) is 22.6 Å². The molecule has 1 amide bonds. The highest BCUT2D eigenvalue weighted by atomic mass is 19.1. The van der Waals surface area contributed by atoms with E-state index in [2.05, 4.69) is 15.5 Å². The summed E-state index contributed by atoms with van der Waals surface area (Å²) in [6, 6.07) is 13.3. The van der Waals surface area contributed by atoms with Crippen LogP contribution in [0, 0.1) is 5.82 Å². The van der Waals surface area contributed by atoms with Crippen LogP contribution in [0.5, 0.6) is 0 Å². The van der Waals surface area contributed by atoms with Gasteiger partial charge in [-0.05, 0) is 24.1 Å². The van der Waals surface area contributed by atoms with Gasteiger partial charge in [-0.2, -0.15) is 5.10 Å². The number of aromatic nitrogens is 2. The first-order valence-electron chi connectivity index (χ1n) is 7.64. The Hall–Kier alpha value is -3.02. The lowest BCUT2D eigenvalue weighted by Gasteiger charge is -2.17. The zero-order valence-electron chi connectivity index (χ0n) is 13.0. The number of nitrogens with one attached hydrogen (secondary N) is 2. The van der Waals surface area contributed by atoms with Crippen molar-refractivity contribution >= 4 is 16.8 Å². The number of carbonyl (C=O) groups excluding carboxylic acids is 1. The molecular weight excluding hydrogens is 309 g/mol. The van der Waals surface area contributed by atoms with E-state index in [1.807, 2.05) is 37.3 Å². The molecule has 0 aliphatic rings. The van der Waals surface area contributed by atoms with Crippen molar-refractivity contribution in [1.29, 1.82) is 0 Å². The summed E-state index contributed by atoms with van der Waals surface area (Å²) in [7, 11) is 0. The van der Waals surface area contributed by atoms with E-state index >= 15 is 0 Å². The fraction of sp³-hybridized carbons (Fsp3) is 0.167. The van der Waals surface area contributed by atoms with Gasteiger partial charge >= 0.3 is 0 Å². The van der Waals surface area contributed by atoms with E-state index in [1.165, 1.54) is 18.2 Å². The fourth-order valence-corrected chi connectivity index (χ4v) is 2.60. The minimum Gasteiger partial charge on any atom is -0.344 e. The van der Waals surface area contributed by atoms with E-state index in [1.54, 1.807) is 0 Å². The van der Waals surface area contributed by atoms with Crippen LogP contribution in [-0.2, 0) is 0 Å². The Balaban J connectivity index is 1.94. The number of nitrogens with zero attached hydrogens (tertiary/aromatic N) is 1. The Morgan fingerprint density at radius 1 is 1.21 bits per heavy atom. The molecule has 1 aromatic heterocycles. The van der Waals surface area contributed by atoms with Crippen molar-refractivity contribution in [1.82, 2.24) is 15.5 Å². The molecule has 0 bridgehead atoms. The average molecular weight is 325 g/mol. The van der Waals surface area contributed by atoms with Gasteiger partial charge < -0.3 is 5.32 Å². The number of hydrogen-bond acceptors (Lipinski definition) is 3. The van der Waals surface area contributed by atoms with E-state index in [9.17, 15) is 14.0 Å². The number of H-pyrrole nitrogens is 1. The number of carbonyl (C=O) groups is 1. The minimum absolute atomic E-state index is 0.00542. The summed E-state index contributed by atoms with van der Waals surface area (Å²) in [4.78, 5) is 24.9. The molecule has 24 heavy (non-hydrogen) atoms. The molecule has 122 valence electrons. The van der Waals surface area contributed by atoms with Crippen molar-refractivity contribution in [3.8, 4) is 0 Å². The monoisotopic (exact) mass is 325 g/mol. The number of aromatic amines is 1. The van der Waals surface area contributed by atoms with Gasteiger partial charge in [0, 0.05) is 0 Å². The predicted molar refractivity (Wildman–Crippen MR) is 89.3 cm³/mol. The van der Waals surface area contributed by atoms with E-state index in [4.69, 9.17) is 0 Å². The van der Waals surface area contributed by atoms with Crippen LogP contribution in [-0.4, -0.2) is 16.1 Å². The summed E-state index contributed by atoms with van der Waals surface area (Å²) < 4.78 is 13.7. The van der Waals surface area contributed by atoms with Crippen LogP contribution in [0.2, 0.25) is 0 Å². The van der Waals surface area contributed by atoms with Crippen molar-refractivity contribution in [2.45, 2.75) is 19.4 Å². The van der Waals surface area contributed by atoms with Gasteiger partial charge in [-0.1, -0.05) is 43.3 Å². The lowest BCUT2D eigenvalue weighted by molar-refractivity contribution is 0.0928. The van der Waals surface area contributed by atoms with Crippen LogP contribution in [0.4, 0.5) is 4.39 Å². The lowest BCUT2D eigenvalue weighted by atomic mass is 10.0. The Kier molecular flexibility index (Phi) is 4.37. The number of halogens is 1. The third-order valence-electron chi connectivity index (χ3n) is 3.88. The van der Waals surface area contributed by atoms with Gasteiger partial charge in [0.1, 0.15) is 11.3 Å². The molecule has 0 saturated heterocycles. The maximum atomic E-state index is 13.7. The van der Waals surface area contributed by atoms with Gasteiger partial charge in [0.05, 0.1) is 11.4 Å². The molecule has 0 aliphatic carbocycles. The summed E-state index contributed by atoms with van der Waals surface area (Å²) in [5, 5.41) is 9.12. The summed E-state index contributed by atoms with van der Waals surface area (Å²) in [5.74, 6) is -1.17. The molecule has 0 spiro atoms. The number of hydrogen-bond donors (Lipinski definition) is 2. The molecule has 5 nitrogen and oxygen atoms in total. The molecule has 0 saturated carbocycles. The highest BCUT2D eigenvalue weighted by Gasteiger charge is 2.19. The molecule has 0 fully saturated rings. The van der Waals surface area contributed by atoms with E-state index < -0.39 is 17.2 Å². The highest BCUT2D eigenvalue weighted by Crippen LogP contribution is 2.16. The van der Waals surface area contributed by atoms with Gasteiger partial charge in [-0.25, -0.2) is 4.39 Å². The fourth-order valence-electron chi connectivity index (χ4n) is 2.60. The average Bonchev–Trinajstić information content (AvgIpc) is 2.61. The molecular formula is C18H16FN3O2. The summed E-state index contributed by atoms with van der Waals surface area (Å²) >= 11 is 0. The topological polar surface area (TPSA) is 74.8 Å². The largest absolute Gasteiger partial charge is 0.344 e. The van der Waals surface area contributed by atoms with Crippen LogP contribution in [0.1, 0.15) is 35.4 Å². The smallest absolute Gasteiger partial charge is 0.276 e. The maximum Gasteiger partial charge on any atom is 0.276 e. The SMILES string of the molecule is CCC(NC(=O)c1n[nH]c2c(F)cccc2c1=O)c1ccccc1. The quantitative estimate of drug-likeness (QED) is 0.774. The first-order chi connectivity index (χ1) is 11.6. The minimum atomic E-state index is -0.594. The molecule has 1 atom stereocenters. The number of amides is 1. The summed E-state index contributed by atoms with van der Waals surface area (Å²) in [6.07, 6.45) is 0.663. The first kappa shape index (κ1) is 15.9. The van der Waals surface area contributed by atoms with Crippen molar-refractivity contribution in [3.05, 3.63) is 75.8 Å². The highest BCUT2D eigenvalue weighted by molar-refractivity contribution is 5.95. The van der Waals surface area contributed by atoms with Crippen LogP contribution >= 0.6 is 0 Å². The Morgan fingerprint density at radius 2 is 1.96 bits per heavy atom. The summed E-state index contributed by atoms with van der Waals surface area (Å²) in [6.45, 7) is 1.94. The molecule has 6 heteroatoms. The lowest BCUT2D eigenvalue weighted by Crippen LogP contribution is -2.33. The standard InChI is InChI=1S/C18H16FN3O2/c1-2-14(11-7-4-3-5-8-11)20-18(24)16-17(23)12-9-6-10-13(19)15(12)21-22-16/h3-10,14H,2H2,1H3,(H,20,24)(H,21,23). The number of benzene rings is 2. The van der Waals surface area contributed by atoms with Crippen molar-refractivity contribution in [2.24, 2.45) is 0 Å². The normalized spacial score (nSPS) is 12.1. The zero-order valence-corrected chi connectivity index (χ0v) is 13.0. The maximum absolute atomic E-state index is 13.7. The second kappa shape index (κ2) is 6.62. The predicted octanol–water partition coefficient (Wildman–Crippen LogP) is 2.94. The van der Waals surface area contributed by atoms with Crippen LogP contribution < -0.4 is 10.7 Å². The van der Waals surface area contributed by atoms with Gasteiger partial charge in [-0.3, -0.25) is 14.7 Å². The number of fused-ring (bicyclic) bond motifs is 1. The molecule has 2 N–H and O–H groups in total. The van der Waals surface area contributed by atoms with E-state index in [0.717, 1.165) is 5.56 Å². The molecule has 1 unspecified atom stereocenters. The second-order valence-electron chi connectivity index (χ2n) is 5.41. The second-order valence-corrected chi connectivity index (χ2v) is 5.41. The summed E-state index contributed by atoms with van der Waals surface area (Å²) in [5.41, 5.74) is 0.0666. The number of para-hydroxylation sites is 1. The van der Waals surface area contributed by atoms with Gasteiger partial charge in [0.2, 0.25) is 5.43 Å². The molecule has 2 aromatic carbocycles. The Bertz CT molecular complexity index is 938. The molecule has 0 radical (unpaired) electrons.